The Kier molecular flexibility index (Phi) is 2.85. The second kappa shape index (κ2) is 2.50. The van der Waals surface area contributed by atoms with Crippen LogP contribution in [-0.4, -0.2) is 28.5 Å². The largest absolute Gasteiger partial charge is 0.333 e. The van der Waals surface area contributed by atoms with Gasteiger partial charge < -0.3 is 4.23 Å². The Morgan fingerprint density at radius 3 is 1.71 bits per heavy atom. The van der Waals surface area contributed by atoms with Crippen LogP contribution in [0.15, 0.2) is 0 Å². The molecule has 0 heterocycles. The molecule has 0 aliphatic heterocycles. The predicted molar refractivity (Wildman–Crippen MR) is 41.0 cm³/mol. The number of hydrogen-bond donors (Lipinski definition) is 0. The van der Waals surface area contributed by atoms with Crippen LogP contribution < -0.4 is 0 Å². The summed E-state index contributed by atoms with van der Waals surface area (Å²) >= 11 is 11.5. The van der Waals surface area contributed by atoms with E-state index in [1.165, 1.54) is 0 Å². The summed E-state index contributed by atoms with van der Waals surface area (Å²) in [4.78, 5) is 0. The van der Waals surface area contributed by atoms with Crippen molar-refractivity contribution in [3.8, 4) is 0 Å². The highest BCUT2D eigenvalue weighted by Crippen LogP contribution is 2.14. The van der Waals surface area contributed by atoms with Crippen LogP contribution in [0.4, 0.5) is 0 Å². The van der Waals surface area contributed by atoms with E-state index in [1.807, 2.05) is 17.8 Å². The van der Waals surface area contributed by atoms with Crippen molar-refractivity contribution in [3.63, 3.8) is 0 Å². The summed E-state index contributed by atoms with van der Waals surface area (Å²) in [5.74, 6) is 0. The van der Waals surface area contributed by atoms with Crippen molar-refractivity contribution in [1.29, 1.82) is 0 Å². The lowest BCUT2D eigenvalue weighted by Crippen LogP contribution is -2.36. The lowest BCUT2D eigenvalue weighted by molar-refractivity contribution is 0.856. The fraction of sp³-hybridized carbons (Fsp3) is 1.00. The third-order valence-electron chi connectivity index (χ3n) is 0.785. The van der Waals surface area contributed by atoms with Crippen LogP contribution in [0.5, 0.6) is 0 Å². The quantitative estimate of drug-likeness (QED) is 0.407. The molecule has 5 heteroatoms. The molecule has 0 saturated carbocycles. The van der Waals surface area contributed by atoms with Crippen LogP contribution in [0.1, 0.15) is 0 Å². The minimum atomic E-state index is -1.90. The van der Waals surface area contributed by atoms with Gasteiger partial charge in [-0.2, -0.15) is 0 Å². The van der Waals surface area contributed by atoms with E-state index in [0.29, 0.717) is 0 Å². The van der Waals surface area contributed by atoms with E-state index in [-0.39, 0.29) is 0 Å². The first-order valence-electron chi connectivity index (χ1n) is 2.00. The van der Waals surface area contributed by atoms with Crippen molar-refractivity contribution in [1.82, 2.24) is 4.23 Å². The van der Waals surface area contributed by atoms with Gasteiger partial charge in [0.05, 0.1) is 10.4 Å². The minimum absolute atomic E-state index is 0.959. The van der Waals surface area contributed by atoms with E-state index in [9.17, 15) is 0 Å². The summed E-state index contributed by atoms with van der Waals surface area (Å²) in [6.45, 7) is -0.00309. The number of rotatable bonds is 1. The normalized spacial score (nSPS) is 13.3. The molecule has 0 aliphatic rings. The van der Waals surface area contributed by atoms with Gasteiger partial charge in [0.15, 0.2) is 0 Å². The molecule has 0 aliphatic carbocycles. The molecule has 1 nitrogen and oxygen atoms in total. The van der Waals surface area contributed by atoms with Crippen molar-refractivity contribution in [3.05, 3.63) is 0 Å². The third kappa shape index (κ3) is 3.55. The summed E-state index contributed by atoms with van der Waals surface area (Å²) in [5, 5.41) is 0. The van der Waals surface area contributed by atoms with Gasteiger partial charge in [-0.1, -0.05) is 0 Å². The molecular formula is C2H9Cl2NSi2. The summed E-state index contributed by atoms with van der Waals surface area (Å²) in [6, 6.07) is 0. The maximum Gasteiger partial charge on any atom is 0.314 e. The van der Waals surface area contributed by atoms with E-state index >= 15 is 0 Å². The number of hydrogen-bond acceptors (Lipinski definition) is 1. The second-order valence-corrected chi connectivity index (χ2v) is 11.5. The fourth-order valence-corrected chi connectivity index (χ4v) is 0. The SMILES string of the molecule is CN([SiH3])[Si](C)(Cl)Cl. The van der Waals surface area contributed by atoms with Crippen LogP contribution in [0.3, 0.4) is 0 Å². The lowest BCUT2D eigenvalue weighted by Gasteiger charge is -2.18. The molecule has 0 unspecified atom stereocenters. The van der Waals surface area contributed by atoms with E-state index in [0.717, 1.165) is 10.4 Å². The molecule has 0 radical (unpaired) electrons. The van der Waals surface area contributed by atoms with E-state index in [1.54, 1.807) is 0 Å². The summed E-state index contributed by atoms with van der Waals surface area (Å²) in [7, 11) is 2.90. The smallest absolute Gasteiger partial charge is 0.314 e. The van der Waals surface area contributed by atoms with Crippen LogP contribution in [0, 0.1) is 0 Å². The van der Waals surface area contributed by atoms with E-state index in [4.69, 9.17) is 22.2 Å². The van der Waals surface area contributed by atoms with Gasteiger partial charge in [-0.3, -0.25) is 0 Å². The molecule has 0 saturated heterocycles. The van der Waals surface area contributed by atoms with Crippen molar-refractivity contribution < 1.29 is 0 Å². The van der Waals surface area contributed by atoms with Crippen molar-refractivity contribution in [2.24, 2.45) is 0 Å². The van der Waals surface area contributed by atoms with Gasteiger partial charge in [0.1, 0.15) is 0 Å². The first-order chi connectivity index (χ1) is 2.94. The number of nitrogens with zero attached hydrogens (tertiary/aromatic N) is 1. The molecule has 0 spiro atoms. The lowest BCUT2D eigenvalue weighted by atomic mass is 11.6. The molecule has 0 aromatic heterocycles. The van der Waals surface area contributed by atoms with Crippen LogP contribution >= 0.6 is 22.2 Å². The topological polar surface area (TPSA) is 3.24 Å². The van der Waals surface area contributed by atoms with Gasteiger partial charge in [-0.25, -0.2) is 0 Å². The van der Waals surface area contributed by atoms with Gasteiger partial charge in [0.2, 0.25) is 0 Å². The number of halogens is 2. The Labute approximate surface area is 57.6 Å². The Hall–Kier alpha value is 0.974. The van der Waals surface area contributed by atoms with Crippen LogP contribution in [-0.2, 0) is 0 Å². The second-order valence-electron chi connectivity index (χ2n) is 1.74. The molecule has 0 aromatic carbocycles. The highest BCUT2D eigenvalue weighted by Gasteiger charge is 2.22. The summed E-state index contributed by atoms with van der Waals surface area (Å²) in [5.41, 5.74) is 0. The molecule has 0 rings (SSSR count). The zero-order valence-corrected chi connectivity index (χ0v) is 9.22. The molecule has 44 valence electrons. The van der Waals surface area contributed by atoms with Crippen LogP contribution in [0.25, 0.3) is 0 Å². The standard InChI is InChI=1S/C2H9Cl2NSi2/c1-5(6)7(2,3)4/h1-2,6H3. The Balaban J connectivity index is 3.54. The maximum atomic E-state index is 5.73. The monoisotopic (exact) mass is 173 g/mol. The maximum absolute atomic E-state index is 5.73. The Morgan fingerprint density at radius 2 is 1.71 bits per heavy atom. The summed E-state index contributed by atoms with van der Waals surface area (Å²) < 4.78 is 2.00. The van der Waals surface area contributed by atoms with Gasteiger partial charge in [0.25, 0.3) is 0 Å². The minimum Gasteiger partial charge on any atom is -0.333 e. The zero-order chi connectivity index (χ0) is 6.08. The van der Waals surface area contributed by atoms with Gasteiger partial charge >= 0.3 is 6.86 Å². The van der Waals surface area contributed by atoms with Gasteiger partial charge in [0, 0.05) is 0 Å². The Bertz CT molecular complexity index is 59.2. The first kappa shape index (κ1) is 7.97. The van der Waals surface area contributed by atoms with Gasteiger partial charge in [-0.15, -0.1) is 22.2 Å². The average molecular weight is 174 g/mol. The Morgan fingerprint density at radius 1 is 1.57 bits per heavy atom. The molecule has 0 fully saturated rings. The molecular weight excluding hydrogens is 165 g/mol. The molecule has 0 bridgehead atoms. The molecule has 7 heavy (non-hydrogen) atoms. The van der Waals surface area contributed by atoms with Crippen LogP contribution in [0.2, 0.25) is 6.55 Å². The third-order valence-corrected chi connectivity index (χ3v) is 8.77. The van der Waals surface area contributed by atoms with Crippen molar-refractivity contribution >= 4 is 39.4 Å². The van der Waals surface area contributed by atoms with E-state index in [2.05, 4.69) is 0 Å². The van der Waals surface area contributed by atoms with Gasteiger partial charge in [-0.05, 0) is 13.6 Å². The van der Waals surface area contributed by atoms with E-state index < -0.39 is 6.86 Å². The predicted octanol–water partition coefficient (Wildman–Crippen LogP) is 0.245. The molecule has 0 amide bonds. The fourth-order valence-electron chi connectivity index (χ4n) is 0. The highest BCUT2D eigenvalue weighted by molar-refractivity contribution is 7.44. The van der Waals surface area contributed by atoms with Crippen molar-refractivity contribution in [2.45, 2.75) is 6.55 Å². The van der Waals surface area contributed by atoms with Crippen molar-refractivity contribution in [2.75, 3.05) is 7.05 Å². The summed E-state index contributed by atoms with van der Waals surface area (Å²) in [6.07, 6.45) is 0. The molecule has 0 atom stereocenters. The molecule has 0 N–H and O–H groups in total. The average Bonchev–Trinajstić information content (AvgIpc) is 1.31. The highest BCUT2D eigenvalue weighted by atomic mass is 35.7. The zero-order valence-electron chi connectivity index (χ0n) is 4.70. The first-order valence-corrected chi connectivity index (χ1v) is 7.36. The molecule has 0 aromatic rings.